The number of hydrogen-bond donors (Lipinski definition) is 0. The zero-order valence-corrected chi connectivity index (χ0v) is 25.9. The second-order valence-corrected chi connectivity index (χ2v) is 12.4. The van der Waals surface area contributed by atoms with Crippen LogP contribution in [0.3, 0.4) is 0 Å². The number of fused-ring (bicyclic) bond motifs is 2. The monoisotopic (exact) mass is 611 g/mol. The lowest BCUT2D eigenvalue weighted by molar-refractivity contribution is 1.61. The summed E-state index contributed by atoms with van der Waals surface area (Å²) in [5, 5.41) is 10.7. The first-order chi connectivity index (χ1) is 25.9. The third-order valence-electron chi connectivity index (χ3n) is 9.90. The molecule has 0 amide bonds. The Balaban J connectivity index is 1.27. The molecule has 0 aliphatic rings. The molecule has 10 aromatic carbocycles. The Kier molecular flexibility index (Phi) is 4.95. The maximum atomic E-state index is 8.93. The van der Waals surface area contributed by atoms with Crippen LogP contribution in [0.4, 0.5) is 0 Å². The molecule has 0 bridgehead atoms. The van der Waals surface area contributed by atoms with E-state index in [9.17, 15) is 0 Å². The summed E-state index contributed by atoms with van der Waals surface area (Å²) in [6, 6.07) is 51.8. The highest BCUT2D eigenvalue weighted by Crippen LogP contribution is 2.48. The summed E-state index contributed by atoms with van der Waals surface area (Å²) in [7, 11) is 0. The third kappa shape index (κ3) is 4.03. The highest BCUT2D eigenvalue weighted by atomic mass is 14.2. The Hall–Kier alpha value is -6.24. The zero-order chi connectivity index (χ0) is 36.0. The zero-order valence-electron chi connectivity index (χ0n) is 30.9. The van der Waals surface area contributed by atoms with E-state index in [-0.39, 0.29) is 29.7 Å². The van der Waals surface area contributed by atoms with Crippen molar-refractivity contribution in [2.24, 2.45) is 0 Å². The van der Waals surface area contributed by atoms with E-state index in [0.29, 0.717) is 5.56 Å². The number of benzene rings is 10. The van der Waals surface area contributed by atoms with Crippen molar-refractivity contribution in [1.82, 2.24) is 0 Å². The van der Waals surface area contributed by atoms with E-state index in [1.807, 2.05) is 42.5 Å². The third-order valence-corrected chi connectivity index (χ3v) is 9.90. The molecule has 10 aromatic rings. The van der Waals surface area contributed by atoms with E-state index in [2.05, 4.69) is 109 Å². The van der Waals surface area contributed by atoms with Crippen molar-refractivity contribution in [1.29, 1.82) is 0 Å². The summed E-state index contributed by atoms with van der Waals surface area (Å²) < 4.78 is 43.1. The summed E-state index contributed by atoms with van der Waals surface area (Å²) in [6.07, 6.45) is 0. The Morgan fingerprint density at radius 2 is 0.812 bits per heavy atom. The van der Waals surface area contributed by atoms with E-state index in [4.69, 9.17) is 6.85 Å². The number of rotatable bonds is 4. The van der Waals surface area contributed by atoms with Crippen LogP contribution < -0.4 is 0 Å². The first-order valence-corrected chi connectivity index (χ1v) is 16.3. The molecule has 0 saturated heterocycles. The molecule has 0 N–H and O–H groups in total. The van der Waals surface area contributed by atoms with Gasteiger partial charge in [-0.05, 0) is 104 Å². The molecule has 0 heterocycles. The van der Waals surface area contributed by atoms with Gasteiger partial charge in [-0.15, -0.1) is 0 Å². The van der Waals surface area contributed by atoms with Gasteiger partial charge in [0.15, 0.2) is 0 Å². The summed E-state index contributed by atoms with van der Waals surface area (Å²) >= 11 is 0. The molecule has 0 heteroatoms. The molecule has 0 aliphatic heterocycles. The first-order valence-electron chi connectivity index (χ1n) is 18.8. The average Bonchev–Trinajstić information content (AvgIpc) is 3.21. The van der Waals surface area contributed by atoms with Crippen LogP contribution in [0.25, 0.3) is 98.4 Å². The normalized spacial score (nSPS) is 13.2. The van der Waals surface area contributed by atoms with Crippen molar-refractivity contribution in [2.45, 2.75) is 0 Å². The van der Waals surface area contributed by atoms with E-state index in [0.717, 1.165) is 38.1 Å². The van der Waals surface area contributed by atoms with E-state index in [1.165, 1.54) is 49.2 Å². The Morgan fingerprint density at radius 1 is 0.312 bits per heavy atom. The molecule has 0 spiro atoms. The van der Waals surface area contributed by atoms with Gasteiger partial charge in [0.2, 0.25) is 0 Å². The van der Waals surface area contributed by atoms with Crippen LogP contribution >= 0.6 is 0 Å². The lowest BCUT2D eigenvalue weighted by Gasteiger charge is -2.20. The highest BCUT2D eigenvalue weighted by Gasteiger charge is 2.20. The fourth-order valence-electron chi connectivity index (χ4n) is 7.83. The number of hydrogen-bond acceptors (Lipinski definition) is 0. The van der Waals surface area contributed by atoms with Crippen LogP contribution in [0.15, 0.2) is 182 Å². The van der Waals surface area contributed by atoms with E-state index in [1.54, 1.807) is 0 Å². The Labute approximate surface area is 286 Å². The quantitative estimate of drug-likeness (QED) is 0.137. The minimum atomic E-state index is -0.394. The molecule has 0 fully saturated rings. The fourth-order valence-corrected chi connectivity index (χ4v) is 7.83. The predicted octanol–water partition coefficient (Wildman–Crippen LogP) is 13.6. The smallest absolute Gasteiger partial charge is 0.0622 e. The van der Waals surface area contributed by atoms with Gasteiger partial charge in [-0.2, -0.15) is 0 Å². The predicted molar refractivity (Wildman–Crippen MR) is 207 cm³/mol. The van der Waals surface area contributed by atoms with Gasteiger partial charge in [0.05, 0.1) is 6.85 Å². The molecule has 48 heavy (non-hydrogen) atoms. The lowest BCUT2D eigenvalue weighted by Crippen LogP contribution is -1.93. The molecule has 0 aliphatic carbocycles. The second kappa shape index (κ2) is 10.7. The van der Waals surface area contributed by atoms with Crippen molar-refractivity contribution in [3.8, 4) is 44.5 Å². The molecular formula is C48H30. The van der Waals surface area contributed by atoms with Crippen LogP contribution in [0.2, 0.25) is 0 Å². The minimum Gasteiger partial charge on any atom is -0.0622 e. The first kappa shape index (κ1) is 22.3. The van der Waals surface area contributed by atoms with Gasteiger partial charge in [-0.25, -0.2) is 0 Å². The van der Waals surface area contributed by atoms with Gasteiger partial charge in [0.25, 0.3) is 0 Å². The van der Waals surface area contributed by atoms with Gasteiger partial charge in [-0.1, -0.05) is 176 Å². The van der Waals surface area contributed by atoms with Crippen molar-refractivity contribution in [2.75, 3.05) is 0 Å². The fraction of sp³-hybridized carbons (Fsp3) is 0. The molecule has 0 aromatic heterocycles. The van der Waals surface area contributed by atoms with Crippen LogP contribution in [0, 0.1) is 0 Å². The molecule has 0 radical (unpaired) electrons. The molecule has 0 atom stereocenters. The van der Waals surface area contributed by atoms with Crippen molar-refractivity contribution >= 4 is 53.9 Å². The van der Waals surface area contributed by atoms with Gasteiger partial charge in [-0.3, -0.25) is 0 Å². The molecule has 0 unspecified atom stereocenters. The average molecular weight is 612 g/mol. The summed E-state index contributed by atoms with van der Waals surface area (Å²) in [5.41, 5.74) is 7.74. The van der Waals surface area contributed by atoms with Crippen molar-refractivity contribution < 1.29 is 6.85 Å². The van der Waals surface area contributed by atoms with Crippen LogP contribution in [0.5, 0.6) is 0 Å². The lowest BCUT2D eigenvalue weighted by atomic mass is 9.83. The largest absolute Gasteiger partial charge is 0.0629 e. The molecule has 0 saturated carbocycles. The van der Waals surface area contributed by atoms with Gasteiger partial charge in [0.1, 0.15) is 0 Å². The van der Waals surface area contributed by atoms with Gasteiger partial charge < -0.3 is 0 Å². The van der Waals surface area contributed by atoms with Gasteiger partial charge in [0, 0.05) is 0 Å². The van der Waals surface area contributed by atoms with Crippen LogP contribution in [-0.4, -0.2) is 0 Å². The van der Waals surface area contributed by atoms with E-state index < -0.39 is 6.04 Å². The maximum Gasteiger partial charge on any atom is 0.0629 e. The van der Waals surface area contributed by atoms with Crippen LogP contribution in [-0.2, 0) is 0 Å². The Bertz CT molecular complexity index is 3020. The highest BCUT2D eigenvalue weighted by molar-refractivity contribution is 6.30. The maximum absolute atomic E-state index is 8.93. The molecular weight excluding hydrogens is 577 g/mol. The SMILES string of the molecule is [2H]c1c([2H])c([2H])c(-c2c3ccccc3c(-c3ccc4ccc5c(-c6cccc(-c7ccccc7)c6)ccc6ccc3c4c65)c3ccccc23)c([2H])c1[2H]. The molecule has 10 rings (SSSR count). The van der Waals surface area contributed by atoms with Gasteiger partial charge >= 0.3 is 0 Å². The molecule has 222 valence electrons. The van der Waals surface area contributed by atoms with Crippen molar-refractivity contribution in [3.05, 3.63) is 182 Å². The van der Waals surface area contributed by atoms with Crippen LogP contribution in [0.1, 0.15) is 6.85 Å². The van der Waals surface area contributed by atoms with Crippen molar-refractivity contribution in [3.63, 3.8) is 0 Å². The standard InChI is InChI=1S/C48H30/c1-3-12-31(13-4-1)35-16-11-17-36(30-35)37-26-22-33-24-28-43-44(29-25-34-23-27-42(37)46(33)47(34)43)48-40-20-9-7-18-38(40)45(32-14-5-2-6-15-32)39-19-8-10-21-41(39)48/h1-30H/i2D,5D,6D,14D,15D. The summed E-state index contributed by atoms with van der Waals surface area (Å²) in [4.78, 5) is 0. The Morgan fingerprint density at radius 3 is 1.46 bits per heavy atom. The molecule has 0 nitrogen and oxygen atoms in total. The van der Waals surface area contributed by atoms with E-state index >= 15 is 0 Å². The summed E-state index contributed by atoms with van der Waals surface area (Å²) in [6.45, 7) is 0. The topological polar surface area (TPSA) is 0 Å². The minimum absolute atomic E-state index is 0.202. The summed E-state index contributed by atoms with van der Waals surface area (Å²) in [5.74, 6) is 0. The second-order valence-electron chi connectivity index (χ2n) is 12.4.